The minimum Gasteiger partial charge on any atom is -0.372 e. The number of fused-ring (bicyclic) bond motifs is 4. The van der Waals surface area contributed by atoms with Crippen molar-refractivity contribution in [1.29, 1.82) is 0 Å². The summed E-state index contributed by atoms with van der Waals surface area (Å²) in [5.41, 5.74) is -2.32. The average Bonchev–Trinajstić information content (AvgIpc) is 2.81. The Labute approximate surface area is 197 Å². The molecule has 3 aliphatic rings. The standard InChI is InChI=1S/C22H20F2N6O5/c1-9-8-30-17-11(5-12(14(23)15(17)24)16(29-34)13-7-25-3-4-26-13)6-22(18(30)10(2)35-9)19(31)27-21(33)28-20(22)32/h3-5,7,9-10,16,18H,6,8H2,1-2H3,(H2,27,28,31,32,33)/t9-,10+,16?,18-/m1/s1. The first kappa shape index (κ1) is 22.9. The third-order valence-electron chi connectivity index (χ3n) is 6.76. The molecular weight excluding hydrogens is 466 g/mol. The zero-order valence-electron chi connectivity index (χ0n) is 18.6. The summed E-state index contributed by atoms with van der Waals surface area (Å²) in [4.78, 5) is 59.2. The van der Waals surface area contributed by atoms with Gasteiger partial charge in [-0.3, -0.25) is 30.2 Å². The van der Waals surface area contributed by atoms with Crippen molar-refractivity contribution < 1.29 is 27.9 Å². The molecule has 0 aliphatic carbocycles. The van der Waals surface area contributed by atoms with Crippen molar-refractivity contribution in [2.24, 2.45) is 10.6 Å². The number of morpholine rings is 1. The molecule has 13 heteroatoms. The minimum atomic E-state index is -1.88. The molecule has 0 saturated carbocycles. The highest BCUT2D eigenvalue weighted by Crippen LogP contribution is 2.49. The van der Waals surface area contributed by atoms with Gasteiger partial charge in [0.25, 0.3) is 0 Å². The summed E-state index contributed by atoms with van der Waals surface area (Å²) in [5, 5.41) is 7.17. The summed E-state index contributed by atoms with van der Waals surface area (Å²) in [6, 6.07) is -2.30. The van der Waals surface area contributed by atoms with Crippen LogP contribution in [0.25, 0.3) is 0 Å². The zero-order valence-corrected chi connectivity index (χ0v) is 18.6. The van der Waals surface area contributed by atoms with Crippen LogP contribution in [0.1, 0.15) is 36.7 Å². The number of amides is 4. The number of hydrogen-bond donors (Lipinski definition) is 2. The largest absolute Gasteiger partial charge is 0.372 e. The molecule has 1 aromatic carbocycles. The number of anilines is 1. The molecule has 1 spiro atoms. The first-order chi connectivity index (χ1) is 16.7. The van der Waals surface area contributed by atoms with E-state index in [4.69, 9.17) is 4.74 Å². The molecule has 11 nitrogen and oxygen atoms in total. The maximum atomic E-state index is 15.7. The highest BCUT2D eigenvalue weighted by molar-refractivity contribution is 6.20. The molecule has 4 amide bonds. The number of nitrogens with zero attached hydrogens (tertiary/aromatic N) is 4. The van der Waals surface area contributed by atoms with Crippen molar-refractivity contribution in [3.05, 3.63) is 58.0 Å². The number of nitroso groups, excluding NO2 is 1. The van der Waals surface area contributed by atoms with Crippen molar-refractivity contribution in [3.8, 4) is 0 Å². The number of urea groups is 1. The van der Waals surface area contributed by atoms with Crippen LogP contribution in [0.5, 0.6) is 0 Å². The monoisotopic (exact) mass is 486 g/mol. The second-order valence-electron chi connectivity index (χ2n) is 8.87. The number of benzene rings is 1. The number of hydrogen-bond acceptors (Lipinski definition) is 9. The SMILES string of the molecule is C[C@@H]1CN2c3c(cc(C(N=O)c4cnccn4)c(F)c3F)CC3(C(=O)NC(=O)NC3=O)[C@H]2[C@H](C)O1. The van der Waals surface area contributed by atoms with Crippen molar-refractivity contribution in [2.75, 3.05) is 11.4 Å². The topological polar surface area (TPSA) is 143 Å². The molecule has 2 N–H and O–H groups in total. The molecule has 2 aromatic rings. The number of carbonyl (C=O) groups excluding carboxylic acids is 3. The highest BCUT2D eigenvalue weighted by atomic mass is 19.2. The van der Waals surface area contributed by atoms with Crippen LogP contribution in [-0.2, 0) is 20.7 Å². The number of halogens is 2. The first-order valence-corrected chi connectivity index (χ1v) is 10.9. The summed E-state index contributed by atoms with van der Waals surface area (Å²) in [6.07, 6.45) is 2.28. The molecule has 35 heavy (non-hydrogen) atoms. The molecule has 0 radical (unpaired) electrons. The van der Waals surface area contributed by atoms with E-state index in [2.05, 4.69) is 25.8 Å². The van der Waals surface area contributed by atoms with E-state index in [9.17, 15) is 19.3 Å². The van der Waals surface area contributed by atoms with Gasteiger partial charge in [0.05, 0.1) is 35.8 Å². The predicted octanol–water partition coefficient (Wildman–Crippen LogP) is 1.50. The third-order valence-corrected chi connectivity index (χ3v) is 6.76. The van der Waals surface area contributed by atoms with Crippen LogP contribution in [0.3, 0.4) is 0 Å². The lowest BCUT2D eigenvalue weighted by molar-refractivity contribution is -0.153. The Morgan fingerprint density at radius 3 is 2.51 bits per heavy atom. The molecule has 0 bridgehead atoms. The summed E-state index contributed by atoms with van der Waals surface area (Å²) in [6.45, 7) is 3.40. The number of barbiturate groups is 1. The molecule has 2 fully saturated rings. The van der Waals surface area contributed by atoms with Crippen LogP contribution in [0.2, 0.25) is 0 Å². The Hall–Kier alpha value is -3.87. The van der Waals surface area contributed by atoms with Gasteiger partial charge in [0.2, 0.25) is 11.8 Å². The van der Waals surface area contributed by atoms with Crippen molar-refractivity contribution in [2.45, 2.75) is 44.6 Å². The van der Waals surface area contributed by atoms with Crippen molar-refractivity contribution in [3.63, 3.8) is 0 Å². The van der Waals surface area contributed by atoms with E-state index >= 15 is 8.78 Å². The summed E-state index contributed by atoms with van der Waals surface area (Å²) in [5.74, 6) is -4.29. The van der Waals surface area contributed by atoms with E-state index in [1.54, 1.807) is 13.8 Å². The van der Waals surface area contributed by atoms with Gasteiger partial charge >= 0.3 is 6.03 Å². The summed E-state index contributed by atoms with van der Waals surface area (Å²) in [7, 11) is 0. The second kappa shape index (κ2) is 8.12. The van der Waals surface area contributed by atoms with Gasteiger partial charge in [0.1, 0.15) is 0 Å². The van der Waals surface area contributed by atoms with Gasteiger partial charge in [-0.25, -0.2) is 13.6 Å². The van der Waals surface area contributed by atoms with E-state index < -0.39 is 64.7 Å². The Morgan fingerprint density at radius 2 is 1.89 bits per heavy atom. The number of carbonyl (C=O) groups is 3. The zero-order chi connectivity index (χ0) is 25.1. The van der Waals surface area contributed by atoms with E-state index in [1.165, 1.54) is 29.6 Å². The van der Waals surface area contributed by atoms with Gasteiger partial charge in [-0.2, -0.15) is 0 Å². The van der Waals surface area contributed by atoms with Crippen LogP contribution in [-0.4, -0.2) is 52.6 Å². The van der Waals surface area contributed by atoms with E-state index in [0.29, 0.717) is 0 Å². The van der Waals surface area contributed by atoms with Crippen LogP contribution < -0.4 is 15.5 Å². The lowest BCUT2D eigenvalue weighted by atomic mass is 9.66. The molecule has 4 heterocycles. The van der Waals surface area contributed by atoms with Gasteiger partial charge in [-0.15, -0.1) is 4.91 Å². The van der Waals surface area contributed by atoms with Crippen LogP contribution in [0.4, 0.5) is 19.3 Å². The first-order valence-electron chi connectivity index (χ1n) is 10.9. The van der Waals surface area contributed by atoms with Crippen molar-refractivity contribution >= 4 is 23.5 Å². The second-order valence-corrected chi connectivity index (χ2v) is 8.87. The molecule has 1 aromatic heterocycles. The van der Waals surface area contributed by atoms with E-state index in [0.717, 1.165) is 0 Å². The Balaban J connectivity index is 1.73. The number of aromatic nitrogens is 2. The fourth-order valence-electron chi connectivity index (χ4n) is 5.48. The minimum absolute atomic E-state index is 0.00323. The van der Waals surface area contributed by atoms with Crippen molar-refractivity contribution in [1.82, 2.24) is 20.6 Å². The van der Waals surface area contributed by atoms with E-state index in [1.807, 2.05) is 0 Å². The number of rotatable bonds is 3. The lowest BCUT2D eigenvalue weighted by Gasteiger charge is -2.55. The quantitative estimate of drug-likeness (QED) is 0.491. The molecular formula is C22H20F2N6O5. The van der Waals surface area contributed by atoms with Gasteiger partial charge in [-0.05, 0) is 25.5 Å². The Kier molecular flexibility index (Phi) is 5.31. The Bertz CT molecular complexity index is 1240. The normalized spacial score (nSPS) is 25.9. The summed E-state index contributed by atoms with van der Waals surface area (Å²) >= 11 is 0. The van der Waals surface area contributed by atoms with Gasteiger partial charge in [-0.1, -0.05) is 5.18 Å². The highest BCUT2D eigenvalue weighted by Gasteiger charge is 2.63. The smallest absolute Gasteiger partial charge is 0.328 e. The molecule has 3 aliphatic heterocycles. The fraction of sp³-hybridized carbons (Fsp3) is 0.409. The van der Waals surface area contributed by atoms with Gasteiger partial charge in [0.15, 0.2) is 23.1 Å². The van der Waals surface area contributed by atoms with Crippen LogP contribution in [0.15, 0.2) is 29.8 Å². The number of imide groups is 2. The lowest BCUT2D eigenvalue weighted by Crippen LogP contribution is -2.75. The molecule has 182 valence electrons. The molecule has 5 rings (SSSR count). The van der Waals surface area contributed by atoms with Gasteiger partial charge < -0.3 is 9.64 Å². The molecule has 4 atom stereocenters. The molecule has 2 saturated heterocycles. The number of nitrogens with one attached hydrogen (secondary N) is 2. The maximum Gasteiger partial charge on any atom is 0.328 e. The van der Waals surface area contributed by atoms with Gasteiger partial charge in [0, 0.05) is 30.9 Å². The third kappa shape index (κ3) is 3.29. The predicted molar refractivity (Wildman–Crippen MR) is 115 cm³/mol. The Morgan fingerprint density at radius 1 is 1.17 bits per heavy atom. The maximum absolute atomic E-state index is 15.7. The van der Waals surface area contributed by atoms with Crippen LogP contribution in [0, 0.1) is 22.0 Å². The molecule has 1 unspecified atom stereocenters. The number of ether oxygens (including phenoxy) is 1. The van der Waals surface area contributed by atoms with E-state index in [-0.39, 0.29) is 29.9 Å². The average molecular weight is 486 g/mol. The van der Waals surface area contributed by atoms with Crippen LogP contribution >= 0.6 is 0 Å². The fourth-order valence-corrected chi connectivity index (χ4v) is 5.48. The summed E-state index contributed by atoms with van der Waals surface area (Å²) < 4.78 is 37.0.